The number of nitrogens with zero attached hydrogens (tertiary/aromatic N) is 2. The van der Waals surface area contributed by atoms with Gasteiger partial charge in [0.05, 0.1) is 5.69 Å². The Hall–Kier alpha value is -2.17. The minimum absolute atomic E-state index is 0.170. The normalized spacial score (nSPS) is 17.5. The Morgan fingerprint density at radius 2 is 1.55 bits per heavy atom. The number of carbonyl (C=O) groups is 1. The van der Waals surface area contributed by atoms with Gasteiger partial charge in [0.2, 0.25) is 0 Å². The lowest BCUT2D eigenvalue weighted by Crippen LogP contribution is -2.19. The van der Waals surface area contributed by atoms with Crippen molar-refractivity contribution in [1.82, 2.24) is 5.43 Å². The Balaban J connectivity index is 1.61. The maximum Gasteiger partial charge on any atom is 0.271 e. The number of nitrogens with one attached hydrogen (secondary N) is 2. The smallest absolute Gasteiger partial charge is 0.271 e. The van der Waals surface area contributed by atoms with E-state index in [2.05, 4.69) is 21.1 Å². The predicted octanol–water partition coefficient (Wildman–Crippen LogP) is 3.69. The van der Waals surface area contributed by atoms with Crippen LogP contribution in [0.15, 0.2) is 34.5 Å². The van der Waals surface area contributed by atoms with E-state index in [0.717, 1.165) is 37.1 Å². The molecule has 1 aromatic carbocycles. The molecule has 2 saturated carbocycles. The Morgan fingerprint density at radius 3 is 2.23 bits per heavy atom. The molecule has 2 aliphatic carbocycles. The van der Waals surface area contributed by atoms with Gasteiger partial charge in [-0.3, -0.25) is 10.2 Å². The molecule has 0 unspecified atom stereocenters. The van der Waals surface area contributed by atoms with Crippen LogP contribution in [0, 0.1) is 0 Å². The molecule has 0 saturated heterocycles. The maximum atomic E-state index is 12.1. The second-order valence-corrected chi connectivity index (χ2v) is 5.90. The molecule has 22 heavy (non-hydrogen) atoms. The summed E-state index contributed by atoms with van der Waals surface area (Å²) in [5.41, 5.74) is 9.44. The van der Waals surface area contributed by atoms with Crippen molar-refractivity contribution in [3.63, 3.8) is 0 Å². The molecule has 116 valence electrons. The molecular formula is C17H22N4O. The van der Waals surface area contributed by atoms with Crippen molar-refractivity contribution in [3.05, 3.63) is 29.8 Å². The van der Waals surface area contributed by atoms with Crippen LogP contribution in [0.2, 0.25) is 0 Å². The van der Waals surface area contributed by atoms with Crippen LogP contribution in [0.25, 0.3) is 0 Å². The van der Waals surface area contributed by atoms with Crippen molar-refractivity contribution in [2.24, 2.45) is 10.2 Å². The highest BCUT2D eigenvalue weighted by molar-refractivity contribution is 5.96. The molecule has 5 nitrogen and oxygen atoms in total. The van der Waals surface area contributed by atoms with Crippen molar-refractivity contribution < 1.29 is 4.79 Å². The van der Waals surface area contributed by atoms with Crippen LogP contribution >= 0.6 is 0 Å². The van der Waals surface area contributed by atoms with E-state index < -0.39 is 0 Å². The SMILES string of the molecule is O=C(NN=C1CCCC1)c1cccc(NN=C2CCCC2)c1. The standard InChI is InChI=1S/C17H22N4O/c22-17(21-19-15-9-3-4-10-15)13-6-5-11-16(12-13)20-18-14-7-1-2-8-14/h5-6,11-12,20H,1-4,7-10H2,(H,21,22). The second kappa shape index (κ2) is 7.20. The zero-order valence-corrected chi connectivity index (χ0v) is 12.8. The Morgan fingerprint density at radius 1 is 0.909 bits per heavy atom. The average Bonchev–Trinajstić information content (AvgIpc) is 3.24. The lowest BCUT2D eigenvalue weighted by atomic mass is 10.2. The van der Waals surface area contributed by atoms with E-state index in [9.17, 15) is 4.79 Å². The Kier molecular flexibility index (Phi) is 4.83. The topological polar surface area (TPSA) is 65.8 Å². The summed E-state index contributed by atoms with van der Waals surface area (Å²) in [6.45, 7) is 0. The molecule has 0 heterocycles. The monoisotopic (exact) mass is 298 g/mol. The van der Waals surface area contributed by atoms with Crippen LogP contribution in [0.4, 0.5) is 5.69 Å². The fourth-order valence-electron chi connectivity index (χ4n) is 2.86. The zero-order valence-electron chi connectivity index (χ0n) is 12.8. The largest absolute Gasteiger partial charge is 0.279 e. The van der Waals surface area contributed by atoms with Crippen LogP contribution in [-0.4, -0.2) is 17.3 Å². The highest BCUT2D eigenvalue weighted by Gasteiger charge is 2.11. The average molecular weight is 298 g/mol. The first kappa shape index (κ1) is 14.8. The molecule has 0 aromatic heterocycles. The van der Waals surface area contributed by atoms with Crippen molar-refractivity contribution in [3.8, 4) is 0 Å². The highest BCUT2D eigenvalue weighted by atomic mass is 16.2. The van der Waals surface area contributed by atoms with Crippen LogP contribution in [0.1, 0.15) is 61.7 Å². The van der Waals surface area contributed by atoms with Gasteiger partial charge >= 0.3 is 0 Å². The van der Waals surface area contributed by atoms with E-state index in [1.165, 1.54) is 31.4 Å². The Bertz CT molecular complexity index is 590. The van der Waals surface area contributed by atoms with E-state index in [0.29, 0.717) is 5.56 Å². The first-order valence-electron chi connectivity index (χ1n) is 8.08. The van der Waals surface area contributed by atoms with Crippen LogP contribution < -0.4 is 10.9 Å². The summed E-state index contributed by atoms with van der Waals surface area (Å²) in [5, 5.41) is 8.62. The summed E-state index contributed by atoms with van der Waals surface area (Å²) in [7, 11) is 0. The van der Waals surface area contributed by atoms with Crippen LogP contribution in [0.5, 0.6) is 0 Å². The fraction of sp³-hybridized carbons (Fsp3) is 0.471. The Labute approximate surface area is 130 Å². The van der Waals surface area contributed by atoms with Gasteiger partial charge in [0, 0.05) is 17.0 Å². The minimum atomic E-state index is -0.170. The van der Waals surface area contributed by atoms with Crippen molar-refractivity contribution in [2.45, 2.75) is 51.4 Å². The lowest BCUT2D eigenvalue weighted by Gasteiger charge is -2.05. The number of carbonyl (C=O) groups excluding carboxylic acids is 1. The van der Waals surface area contributed by atoms with Crippen molar-refractivity contribution >= 4 is 23.0 Å². The van der Waals surface area contributed by atoms with Crippen LogP contribution in [-0.2, 0) is 0 Å². The molecule has 2 N–H and O–H groups in total. The maximum absolute atomic E-state index is 12.1. The van der Waals surface area contributed by atoms with Gasteiger partial charge < -0.3 is 0 Å². The molecule has 3 rings (SSSR count). The molecular weight excluding hydrogens is 276 g/mol. The number of rotatable bonds is 4. The molecule has 0 atom stereocenters. The molecule has 0 spiro atoms. The van der Waals surface area contributed by atoms with E-state index in [4.69, 9.17) is 0 Å². The summed E-state index contributed by atoms with van der Waals surface area (Å²) in [5.74, 6) is -0.170. The van der Waals surface area contributed by atoms with Crippen molar-refractivity contribution in [2.75, 3.05) is 5.43 Å². The van der Waals surface area contributed by atoms with E-state index in [1.54, 1.807) is 6.07 Å². The van der Waals surface area contributed by atoms with E-state index in [-0.39, 0.29) is 5.91 Å². The summed E-state index contributed by atoms with van der Waals surface area (Å²) in [4.78, 5) is 12.1. The minimum Gasteiger partial charge on any atom is -0.279 e. The number of hydrazone groups is 2. The number of benzene rings is 1. The highest BCUT2D eigenvalue weighted by Crippen LogP contribution is 2.17. The van der Waals surface area contributed by atoms with Gasteiger partial charge in [0.1, 0.15) is 0 Å². The predicted molar refractivity (Wildman–Crippen MR) is 89.3 cm³/mol. The van der Waals surface area contributed by atoms with Gasteiger partial charge in [-0.05, 0) is 69.6 Å². The molecule has 0 bridgehead atoms. The zero-order chi connectivity index (χ0) is 15.2. The van der Waals surface area contributed by atoms with Gasteiger partial charge in [0.25, 0.3) is 5.91 Å². The fourth-order valence-corrected chi connectivity index (χ4v) is 2.86. The van der Waals surface area contributed by atoms with Gasteiger partial charge in [0.15, 0.2) is 0 Å². The molecule has 2 aliphatic rings. The molecule has 2 fully saturated rings. The molecule has 0 aliphatic heterocycles. The third kappa shape index (κ3) is 3.93. The molecule has 5 heteroatoms. The quantitative estimate of drug-likeness (QED) is 0.833. The molecule has 0 radical (unpaired) electrons. The summed E-state index contributed by atoms with van der Waals surface area (Å²) in [6, 6.07) is 7.37. The summed E-state index contributed by atoms with van der Waals surface area (Å²) >= 11 is 0. The second-order valence-electron chi connectivity index (χ2n) is 5.90. The number of hydrogen-bond donors (Lipinski definition) is 2. The van der Waals surface area contributed by atoms with Gasteiger partial charge in [-0.25, -0.2) is 5.43 Å². The third-order valence-corrected chi connectivity index (χ3v) is 4.14. The van der Waals surface area contributed by atoms with Gasteiger partial charge in [-0.2, -0.15) is 10.2 Å². The number of hydrogen-bond acceptors (Lipinski definition) is 4. The summed E-state index contributed by atoms with van der Waals surface area (Å²) in [6.07, 6.45) is 8.95. The molecule has 1 aromatic rings. The van der Waals surface area contributed by atoms with E-state index in [1.807, 2.05) is 18.2 Å². The number of anilines is 1. The molecule has 1 amide bonds. The van der Waals surface area contributed by atoms with Gasteiger partial charge in [-0.1, -0.05) is 6.07 Å². The number of amides is 1. The lowest BCUT2D eigenvalue weighted by molar-refractivity contribution is 0.0954. The van der Waals surface area contributed by atoms with E-state index >= 15 is 0 Å². The first-order valence-corrected chi connectivity index (χ1v) is 8.08. The first-order chi connectivity index (χ1) is 10.8. The third-order valence-electron chi connectivity index (χ3n) is 4.14. The van der Waals surface area contributed by atoms with Crippen molar-refractivity contribution in [1.29, 1.82) is 0 Å². The van der Waals surface area contributed by atoms with Crippen LogP contribution in [0.3, 0.4) is 0 Å². The van der Waals surface area contributed by atoms with Gasteiger partial charge in [-0.15, -0.1) is 0 Å². The summed E-state index contributed by atoms with van der Waals surface area (Å²) < 4.78 is 0.